The maximum absolute atomic E-state index is 4.46. The molecule has 0 amide bonds. The van der Waals surface area contributed by atoms with Crippen LogP contribution in [0, 0.1) is 0 Å². The van der Waals surface area contributed by atoms with Gasteiger partial charge in [-0.15, -0.1) is 0 Å². The molecular weight excluding hydrogens is 310 g/mol. The number of nitrogens with zero attached hydrogens (tertiary/aromatic N) is 4. The molecule has 0 aliphatic rings. The Balaban J connectivity index is 1.68. The normalized spacial score (nSPS) is 12.2. The van der Waals surface area contributed by atoms with Gasteiger partial charge in [0, 0.05) is 38.2 Å². The minimum atomic E-state index is 0.158. The lowest BCUT2D eigenvalue weighted by Gasteiger charge is -2.29. The first-order valence-electron chi connectivity index (χ1n) is 8.48. The van der Waals surface area contributed by atoms with Crippen LogP contribution in [0.5, 0.6) is 0 Å². The lowest BCUT2D eigenvalue weighted by molar-refractivity contribution is 0.155. The molecule has 0 radical (unpaired) electrons. The van der Waals surface area contributed by atoms with Crippen molar-refractivity contribution in [1.82, 2.24) is 25.2 Å². The molecule has 0 aliphatic heterocycles. The second kappa shape index (κ2) is 9.01. The van der Waals surface area contributed by atoms with Crippen LogP contribution in [0.2, 0.25) is 0 Å². The molecule has 0 fully saturated rings. The molecular formula is C20H23N5. The van der Waals surface area contributed by atoms with Crippen molar-refractivity contribution in [3.05, 3.63) is 90.3 Å². The highest BCUT2D eigenvalue weighted by Crippen LogP contribution is 2.10. The predicted molar refractivity (Wildman–Crippen MR) is 98.3 cm³/mol. The van der Waals surface area contributed by atoms with E-state index >= 15 is 0 Å². The van der Waals surface area contributed by atoms with Gasteiger partial charge in [-0.05, 0) is 43.3 Å². The molecule has 0 aromatic carbocycles. The van der Waals surface area contributed by atoms with Crippen molar-refractivity contribution in [3.8, 4) is 0 Å². The zero-order chi connectivity index (χ0) is 17.3. The highest BCUT2D eigenvalue weighted by atomic mass is 15.3. The van der Waals surface area contributed by atoms with Crippen LogP contribution in [-0.2, 0) is 19.6 Å². The van der Waals surface area contributed by atoms with Gasteiger partial charge in [0.25, 0.3) is 0 Å². The van der Waals surface area contributed by atoms with Gasteiger partial charge in [-0.2, -0.15) is 0 Å². The van der Waals surface area contributed by atoms with Crippen LogP contribution in [0.1, 0.15) is 24.0 Å². The number of hydrogen-bond donors (Lipinski definition) is 1. The summed E-state index contributed by atoms with van der Waals surface area (Å²) in [7, 11) is 0. The van der Waals surface area contributed by atoms with E-state index < -0.39 is 0 Å². The van der Waals surface area contributed by atoms with Crippen molar-refractivity contribution in [2.24, 2.45) is 0 Å². The first-order chi connectivity index (χ1) is 12.3. The van der Waals surface area contributed by atoms with Crippen LogP contribution in [0.25, 0.3) is 0 Å². The Morgan fingerprint density at radius 1 is 0.760 bits per heavy atom. The maximum Gasteiger partial charge on any atom is 0.0578 e. The molecule has 5 nitrogen and oxygen atoms in total. The number of nitrogens with one attached hydrogen (secondary N) is 1. The van der Waals surface area contributed by atoms with Gasteiger partial charge in [-0.25, -0.2) is 0 Å². The second-order valence-electron chi connectivity index (χ2n) is 5.93. The van der Waals surface area contributed by atoms with Gasteiger partial charge >= 0.3 is 0 Å². The molecule has 1 atom stereocenters. The van der Waals surface area contributed by atoms with Crippen LogP contribution in [0.3, 0.4) is 0 Å². The number of hydrogen-bond acceptors (Lipinski definition) is 5. The summed E-state index contributed by atoms with van der Waals surface area (Å²) in [5.41, 5.74) is 3.12. The van der Waals surface area contributed by atoms with E-state index in [4.69, 9.17) is 0 Å². The first kappa shape index (κ1) is 17.2. The second-order valence-corrected chi connectivity index (χ2v) is 5.93. The molecule has 3 aromatic rings. The Bertz CT molecular complexity index is 692. The Labute approximate surface area is 148 Å². The molecule has 1 unspecified atom stereocenters. The number of rotatable bonds is 8. The fourth-order valence-electron chi connectivity index (χ4n) is 2.61. The monoisotopic (exact) mass is 333 g/mol. The average molecular weight is 333 g/mol. The summed E-state index contributed by atoms with van der Waals surface area (Å²) in [6.07, 6.45) is 5.65. The SMILES string of the molecule is CC(NCc1ccccn1)N(Cc1ccccn1)Cc1ccccn1. The zero-order valence-electron chi connectivity index (χ0n) is 14.4. The molecule has 1 N–H and O–H groups in total. The Kier molecular flexibility index (Phi) is 6.20. The summed E-state index contributed by atoms with van der Waals surface area (Å²) in [5, 5.41) is 3.55. The van der Waals surface area contributed by atoms with Gasteiger partial charge in [0.05, 0.1) is 23.2 Å². The third-order valence-corrected chi connectivity index (χ3v) is 4.03. The minimum absolute atomic E-state index is 0.158. The summed E-state index contributed by atoms with van der Waals surface area (Å²) in [6.45, 7) is 4.40. The van der Waals surface area contributed by atoms with Crippen LogP contribution >= 0.6 is 0 Å². The lowest BCUT2D eigenvalue weighted by atomic mass is 10.2. The lowest BCUT2D eigenvalue weighted by Crippen LogP contribution is -2.42. The largest absolute Gasteiger partial charge is 0.296 e. The van der Waals surface area contributed by atoms with E-state index in [9.17, 15) is 0 Å². The van der Waals surface area contributed by atoms with E-state index in [1.165, 1.54) is 0 Å². The van der Waals surface area contributed by atoms with Crippen LogP contribution in [0.4, 0.5) is 0 Å². The van der Waals surface area contributed by atoms with Crippen molar-refractivity contribution in [3.63, 3.8) is 0 Å². The Hall–Kier alpha value is -2.63. The van der Waals surface area contributed by atoms with Crippen LogP contribution in [0.15, 0.2) is 73.2 Å². The molecule has 3 heterocycles. The Morgan fingerprint density at radius 3 is 1.68 bits per heavy atom. The van der Waals surface area contributed by atoms with Crippen molar-refractivity contribution in [2.75, 3.05) is 0 Å². The molecule has 128 valence electrons. The smallest absolute Gasteiger partial charge is 0.0578 e. The van der Waals surface area contributed by atoms with Crippen molar-refractivity contribution < 1.29 is 0 Å². The third kappa shape index (κ3) is 5.45. The fraction of sp³-hybridized carbons (Fsp3) is 0.250. The minimum Gasteiger partial charge on any atom is -0.296 e. The molecule has 0 saturated carbocycles. The van der Waals surface area contributed by atoms with Crippen LogP contribution in [-0.4, -0.2) is 26.0 Å². The predicted octanol–water partition coefficient (Wildman–Crippen LogP) is 3.01. The van der Waals surface area contributed by atoms with Gasteiger partial charge in [-0.1, -0.05) is 18.2 Å². The standard InChI is InChI=1S/C20H23N5/c1-17(24-14-18-8-2-5-11-21-18)25(15-19-9-3-6-12-22-19)16-20-10-4-7-13-23-20/h2-13,17,24H,14-16H2,1H3. The molecule has 3 rings (SSSR count). The summed E-state index contributed by atoms with van der Waals surface area (Å²) in [4.78, 5) is 15.6. The van der Waals surface area contributed by atoms with Gasteiger partial charge in [0.15, 0.2) is 0 Å². The number of aromatic nitrogens is 3. The summed E-state index contributed by atoms with van der Waals surface area (Å²) in [5.74, 6) is 0. The highest BCUT2D eigenvalue weighted by Gasteiger charge is 2.15. The Morgan fingerprint density at radius 2 is 1.24 bits per heavy atom. The molecule has 3 aromatic heterocycles. The zero-order valence-corrected chi connectivity index (χ0v) is 14.4. The third-order valence-electron chi connectivity index (χ3n) is 4.03. The molecule has 0 spiro atoms. The molecule has 25 heavy (non-hydrogen) atoms. The van der Waals surface area contributed by atoms with Gasteiger partial charge < -0.3 is 0 Å². The average Bonchev–Trinajstić information content (AvgIpc) is 2.68. The van der Waals surface area contributed by atoms with Gasteiger partial charge in [-0.3, -0.25) is 25.2 Å². The van der Waals surface area contributed by atoms with E-state index in [2.05, 4.69) is 44.2 Å². The van der Waals surface area contributed by atoms with E-state index in [1.54, 1.807) is 0 Å². The molecule has 5 heteroatoms. The van der Waals surface area contributed by atoms with Crippen LogP contribution < -0.4 is 5.32 Å². The quantitative estimate of drug-likeness (QED) is 0.642. The van der Waals surface area contributed by atoms with Crippen molar-refractivity contribution >= 4 is 0 Å². The fourth-order valence-corrected chi connectivity index (χ4v) is 2.61. The highest BCUT2D eigenvalue weighted by molar-refractivity contribution is 5.07. The van der Waals surface area contributed by atoms with E-state index in [0.29, 0.717) is 0 Å². The van der Waals surface area contributed by atoms with Crippen molar-refractivity contribution in [2.45, 2.75) is 32.7 Å². The summed E-state index contributed by atoms with van der Waals surface area (Å²) >= 11 is 0. The van der Waals surface area contributed by atoms with Crippen molar-refractivity contribution in [1.29, 1.82) is 0 Å². The summed E-state index contributed by atoms with van der Waals surface area (Å²) < 4.78 is 0. The van der Waals surface area contributed by atoms with E-state index in [1.807, 2.05) is 61.1 Å². The molecule has 0 aliphatic carbocycles. The topological polar surface area (TPSA) is 53.9 Å². The molecule has 0 bridgehead atoms. The first-order valence-corrected chi connectivity index (χ1v) is 8.48. The van der Waals surface area contributed by atoms with E-state index in [0.717, 1.165) is 36.7 Å². The summed E-state index contributed by atoms with van der Waals surface area (Å²) in [6, 6.07) is 18.0. The maximum atomic E-state index is 4.46. The van der Waals surface area contributed by atoms with E-state index in [-0.39, 0.29) is 6.17 Å². The molecule has 0 saturated heterocycles. The van der Waals surface area contributed by atoms with Gasteiger partial charge in [0.2, 0.25) is 0 Å². The van der Waals surface area contributed by atoms with Gasteiger partial charge in [0.1, 0.15) is 0 Å². The number of pyridine rings is 3.